The molecule has 0 spiro atoms. The predicted octanol–water partition coefficient (Wildman–Crippen LogP) is 2.35. The van der Waals surface area contributed by atoms with Gasteiger partial charge in [0, 0.05) is 19.1 Å². The molecular formula is C19H31N3O. The molecular weight excluding hydrogens is 286 g/mol. The Balaban J connectivity index is 1.64. The Morgan fingerprint density at radius 2 is 1.91 bits per heavy atom. The molecule has 1 saturated heterocycles. The number of likely N-dealkylation sites (N-methyl/N-ethyl adjacent to an activating group) is 1. The highest BCUT2D eigenvalue weighted by Gasteiger charge is 2.20. The summed E-state index contributed by atoms with van der Waals surface area (Å²) in [7, 11) is 1.99. The molecule has 0 unspecified atom stereocenters. The largest absolute Gasteiger partial charge is 0.355 e. The van der Waals surface area contributed by atoms with E-state index in [-0.39, 0.29) is 5.91 Å². The summed E-state index contributed by atoms with van der Waals surface area (Å²) in [5.74, 6) is 0.767. The van der Waals surface area contributed by atoms with Crippen LogP contribution < -0.4 is 5.32 Å². The number of carbonyl (C=O) groups excluding carboxylic acids is 1. The molecule has 1 N–H and O–H groups in total. The molecule has 1 aliphatic rings. The summed E-state index contributed by atoms with van der Waals surface area (Å²) in [6.07, 6.45) is 2.35. The maximum atomic E-state index is 11.9. The SMILES string of the molecule is CC(C)N(C)CC(=O)NCC1CCN(Cc2ccccc2)CC1. The Morgan fingerprint density at radius 3 is 2.52 bits per heavy atom. The van der Waals surface area contributed by atoms with Crippen LogP contribution in [0.25, 0.3) is 0 Å². The zero-order valence-electron chi connectivity index (χ0n) is 14.8. The van der Waals surface area contributed by atoms with E-state index in [1.165, 1.54) is 18.4 Å². The number of nitrogens with zero attached hydrogens (tertiary/aromatic N) is 2. The van der Waals surface area contributed by atoms with Gasteiger partial charge < -0.3 is 5.32 Å². The number of nitrogens with one attached hydrogen (secondary N) is 1. The monoisotopic (exact) mass is 317 g/mol. The Morgan fingerprint density at radius 1 is 1.26 bits per heavy atom. The van der Waals surface area contributed by atoms with Crippen LogP contribution in [-0.4, -0.2) is 55.0 Å². The number of hydrogen-bond donors (Lipinski definition) is 1. The van der Waals surface area contributed by atoms with Crippen LogP contribution in [0.2, 0.25) is 0 Å². The molecule has 1 heterocycles. The van der Waals surface area contributed by atoms with Crippen molar-refractivity contribution < 1.29 is 4.79 Å². The minimum atomic E-state index is 0.146. The number of amides is 1. The topological polar surface area (TPSA) is 35.6 Å². The van der Waals surface area contributed by atoms with Crippen molar-refractivity contribution in [2.75, 3.05) is 33.2 Å². The summed E-state index contributed by atoms with van der Waals surface area (Å²) in [6.45, 7) is 8.82. The molecule has 0 atom stereocenters. The molecule has 1 fully saturated rings. The molecule has 128 valence electrons. The molecule has 2 rings (SSSR count). The maximum absolute atomic E-state index is 11.9. The molecule has 1 aromatic rings. The van der Waals surface area contributed by atoms with Gasteiger partial charge in [-0.05, 0) is 58.3 Å². The van der Waals surface area contributed by atoms with Gasteiger partial charge >= 0.3 is 0 Å². The lowest BCUT2D eigenvalue weighted by Crippen LogP contribution is -2.42. The van der Waals surface area contributed by atoms with Gasteiger partial charge in [-0.2, -0.15) is 0 Å². The van der Waals surface area contributed by atoms with Crippen LogP contribution in [0, 0.1) is 5.92 Å². The molecule has 0 aromatic heterocycles. The number of piperidine rings is 1. The first-order valence-electron chi connectivity index (χ1n) is 8.78. The molecule has 0 aliphatic carbocycles. The average molecular weight is 317 g/mol. The lowest BCUT2D eigenvalue weighted by molar-refractivity contribution is -0.122. The van der Waals surface area contributed by atoms with Crippen molar-refractivity contribution in [3.8, 4) is 0 Å². The van der Waals surface area contributed by atoms with E-state index in [0.717, 1.165) is 26.2 Å². The summed E-state index contributed by atoms with van der Waals surface area (Å²) in [4.78, 5) is 16.5. The van der Waals surface area contributed by atoms with Crippen molar-refractivity contribution in [3.63, 3.8) is 0 Å². The van der Waals surface area contributed by atoms with E-state index in [4.69, 9.17) is 0 Å². The number of benzene rings is 1. The van der Waals surface area contributed by atoms with Crippen LogP contribution in [0.4, 0.5) is 0 Å². The van der Waals surface area contributed by atoms with Crippen LogP contribution in [0.3, 0.4) is 0 Å². The van der Waals surface area contributed by atoms with Gasteiger partial charge in [0.1, 0.15) is 0 Å². The first-order chi connectivity index (χ1) is 11.0. The van der Waals surface area contributed by atoms with Crippen molar-refractivity contribution >= 4 is 5.91 Å². The molecule has 0 radical (unpaired) electrons. The summed E-state index contributed by atoms with van der Waals surface area (Å²) in [5.41, 5.74) is 1.39. The van der Waals surface area contributed by atoms with Crippen LogP contribution in [0.5, 0.6) is 0 Å². The molecule has 1 aromatic carbocycles. The minimum Gasteiger partial charge on any atom is -0.355 e. The van der Waals surface area contributed by atoms with Crippen molar-refractivity contribution in [2.45, 2.75) is 39.3 Å². The second kappa shape index (κ2) is 9.04. The highest BCUT2D eigenvalue weighted by atomic mass is 16.2. The standard InChI is InChI=1S/C19H31N3O/c1-16(2)21(3)15-19(23)20-13-17-9-11-22(12-10-17)14-18-7-5-4-6-8-18/h4-8,16-17H,9-15H2,1-3H3,(H,20,23). The van der Waals surface area contributed by atoms with Crippen molar-refractivity contribution in [3.05, 3.63) is 35.9 Å². The Labute approximate surface area is 140 Å². The number of carbonyl (C=O) groups is 1. The van der Waals surface area contributed by atoms with E-state index in [0.29, 0.717) is 18.5 Å². The Kier molecular flexibility index (Phi) is 7.06. The summed E-state index contributed by atoms with van der Waals surface area (Å²) in [6, 6.07) is 11.1. The first kappa shape index (κ1) is 18.0. The van der Waals surface area contributed by atoms with Crippen LogP contribution in [0.1, 0.15) is 32.3 Å². The normalized spacial score (nSPS) is 16.9. The number of hydrogen-bond acceptors (Lipinski definition) is 3. The Bertz CT molecular complexity index is 467. The van der Waals surface area contributed by atoms with Crippen molar-refractivity contribution in [1.29, 1.82) is 0 Å². The van der Waals surface area contributed by atoms with Gasteiger partial charge in [-0.25, -0.2) is 0 Å². The minimum absolute atomic E-state index is 0.146. The van der Waals surface area contributed by atoms with E-state index in [2.05, 4.69) is 59.3 Å². The first-order valence-corrected chi connectivity index (χ1v) is 8.78. The summed E-state index contributed by atoms with van der Waals surface area (Å²) in [5, 5.41) is 3.10. The van der Waals surface area contributed by atoms with E-state index in [1.54, 1.807) is 0 Å². The molecule has 1 amide bonds. The molecule has 4 nitrogen and oxygen atoms in total. The van der Waals surface area contributed by atoms with Crippen LogP contribution in [-0.2, 0) is 11.3 Å². The van der Waals surface area contributed by atoms with Crippen LogP contribution >= 0.6 is 0 Å². The van der Waals surface area contributed by atoms with Gasteiger partial charge in [0.25, 0.3) is 0 Å². The van der Waals surface area contributed by atoms with Crippen LogP contribution in [0.15, 0.2) is 30.3 Å². The molecule has 23 heavy (non-hydrogen) atoms. The molecule has 0 saturated carbocycles. The van der Waals surface area contributed by atoms with Crippen molar-refractivity contribution in [1.82, 2.24) is 15.1 Å². The molecule has 1 aliphatic heterocycles. The van der Waals surface area contributed by atoms with Gasteiger partial charge in [0.05, 0.1) is 6.54 Å². The van der Waals surface area contributed by atoms with Gasteiger partial charge in [0.15, 0.2) is 0 Å². The lowest BCUT2D eigenvalue weighted by atomic mass is 9.96. The summed E-state index contributed by atoms with van der Waals surface area (Å²) >= 11 is 0. The second-order valence-corrected chi connectivity index (χ2v) is 7.02. The summed E-state index contributed by atoms with van der Waals surface area (Å²) < 4.78 is 0. The fraction of sp³-hybridized carbons (Fsp3) is 0.632. The maximum Gasteiger partial charge on any atom is 0.234 e. The fourth-order valence-electron chi connectivity index (χ4n) is 2.91. The van der Waals surface area contributed by atoms with Gasteiger partial charge in [-0.15, -0.1) is 0 Å². The van der Waals surface area contributed by atoms with Crippen molar-refractivity contribution in [2.24, 2.45) is 5.92 Å². The zero-order valence-corrected chi connectivity index (χ0v) is 14.8. The third-order valence-electron chi connectivity index (χ3n) is 4.82. The number of rotatable bonds is 7. The molecule has 0 bridgehead atoms. The van der Waals surface area contributed by atoms with Gasteiger partial charge in [-0.3, -0.25) is 14.6 Å². The number of likely N-dealkylation sites (tertiary alicyclic amines) is 1. The third kappa shape index (κ3) is 6.32. The fourth-order valence-corrected chi connectivity index (χ4v) is 2.91. The van der Waals surface area contributed by atoms with E-state index in [1.807, 2.05) is 7.05 Å². The quantitative estimate of drug-likeness (QED) is 0.838. The zero-order chi connectivity index (χ0) is 16.7. The lowest BCUT2D eigenvalue weighted by Gasteiger charge is -2.32. The third-order valence-corrected chi connectivity index (χ3v) is 4.82. The van der Waals surface area contributed by atoms with E-state index >= 15 is 0 Å². The van der Waals surface area contributed by atoms with E-state index < -0.39 is 0 Å². The Hall–Kier alpha value is -1.39. The highest BCUT2D eigenvalue weighted by Crippen LogP contribution is 2.18. The smallest absolute Gasteiger partial charge is 0.234 e. The molecule has 4 heteroatoms. The second-order valence-electron chi connectivity index (χ2n) is 7.02. The van der Waals surface area contributed by atoms with Gasteiger partial charge in [0.2, 0.25) is 5.91 Å². The highest BCUT2D eigenvalue weighted by molar-refractivity contribution is 5.77. The predicted molar refractivity (Wildman–Crippen MR) is 95.2 cm³/mol. The van der Waals surface area contributed by atoms with Gasteiger partial charge in [-0.1, -0.05) is 30.3 Å². The van der Waals surface area contributed by atoms with E-state index in [9.17, 15) is 4.79 Å². The average Bonchev–Trinajstić information content (AvgIpc) is 2.55.